The molecule has 2 N–H and O–H groups in total. The first-order valence-electron chi connectivity index (χ1n) is 13.1. The zero-order valence-electron chi connectivity index (χ0n) is 22.2. The molecule has 0 saturated heterocycles. The summed E-state index contributed by atoms with van der Waals surface area (Å²) in [6.07, 6.45) is 4.63. The van der Waals surface area contributed by atoms with E-state index in [1.807, 2.05) is 58.0 Å². The minimum Gasteiger partial charge on any atom is -0.299 e. The van der Waals surface area contributed by atoms with Crippen LogP contribution in [0.1, 0.15) is 64.5 Å². The Labute approximate surface area is 224 Å². The lowest BCUT2D eigenvalue weighted by atomic mass is 9.70. The van der Waals surface area contributed by atoms with E-state index < -0.39 is 53.4 Å². The second-order valence-electron chi connectivity index (χ2n) is 13.1. The van der Waals surface area contributed by atoms with Gasteiger partial charge in [0.15, 0.2) is 5.78 Å². The van der Waals surface area contributed by atoms with E-state index in [0.717, 1.165) is 17.5 Å². The van der Waals surface area contributed by atoms with Crippen molar-refractivity contribution in [2.24, 2.45) is 39.4 Å². The quantitative estimate of drug-likeness (QED) is 0.374. The van der Waals surface area contributed by atoms with Crippen molar-refractivity contribution >= 4 is 37.9 Å². The van der Waals surface area contributed by atoms with Gasteiger partial charge in [-0.2, -0.15) is 16.8 Å². The van der Waals surface area contributed by atoms with Gasteiger partial charge in [-0.1, -0.05) is 52.0 Å². The molecule has 1 aromatic rings. The van der Waals surface area contributed by atoms with E-state index in [4.69, 9.17) is 0 Å². The summed E-state index contributed by atoms with van der Waals surface area (Å²) in [7, 11) is -8.63. The Morgan fingerprint density at radius 2 is 1.39 bits per heavy atom. The van der Waals surface area contributed by atoms with E-state index in [0.29, 0.717) is 31.3 Å². The molecular weight excluding hydrogens is 528 g/mol. The SMILES string of the molecule is CC1(C)C2CCC1(CS(=O)(=O)O)C(=O)C2=Cc1ccc(CC2C(=O)C3(CS(=O)(=O)O)CCC2C3(C)C)cc1. The van der Waals surface area contributed by atoms with E-state index in [1.54, 1.807) is 0 Å². The molecule has 0 heterocycles. The van der Waals surface area contributed by atoms with Gasteiger partial charge in [0.25, 0.3) is 20.2 Å². The van der Waals surface area contributed by atoms with Crippen LogP contribution in [-0.4, -0.2) is 49.0 Å². The van der Waals surface area contributed by atoms with Crippen molar-refractivity contribution < 1.29 is 35.5 Å². The van der Waals surface area contributed by atoms with Gasteiger partial charge < -0.3 is 0 Å². The Balaban J connectivity index is 1.38. The summed E-state index contributed by atoms with van der Waals surface area (Å²) in [4.78, 5) is 26.9. The van der Waals surface area contributed by atoms with Gasteiger partial charge in [0.2, 0.25) is 0 Å². The number of allylic oxidation sites excluding steroid dienone is 1. The van der Waals surface area contributed by atoms with Crippen LogP contribution in [0.3, 0.4) is 0 Å². The molecule has 8 nitrogen and oxygen atoms in total. The molecule has 208 valence electrons. The lowest BCUT2D eigenvalue weighted by molar-refractivity contribution is -0.131. The normalized spacial score (nSPS) is 36.5. The van der Waals surface area contributed by atoms with Crippen molar-refractivity contribution in [3.8, 4) is 0 Å². The molecule has 0 radical (unpaired) electrons. The third kappa shape index (κ3) is 3.89. The number of rotatable bonds is 7. The molecule has 5 unspecified atom stereocenters. The summed E-state index contributed by atoms with van der Waals surface area (Å²) in [5.74, 6) is -1.77. The Hall–Kier alpha value is -1.88. The van der Waals surface area contributed by atoms with Crippen molar-refractivity contribution in [3.05, 3.63) is 41.0 Å². The van der Waals surface area contributed by atoms with Crippen LogP contribution >= 0.6 is 0 Å². The lowest BCUT2D eigenvalue weighted by Crippen LogP contribution is -2.43. The third-order valence-corrected chi connectivity index (χ3v) is 12.7. The van der Waals surface area contributed by atoms with Gasteiger partial charge in [0, 0.05) is 11.5 Å². The summed E-state index contributed by atoms with van der Waals surface area (Å²) in [5, 5.41) is 0. The predicted molar refractivity (Wildman–Crippen MR) is 142 cm³/mol. The summed E-state index contributed by atoms with van der Waals surface area (Å²) in [6, 6.07) is 7.57. The maximum Gasteiger partial charge on any atom is 0.265 e. The molecule has 10 heteroatoms. The van der Waals surface area contributed by atoms with Crippen molar-refractivity contribution in [3.63, 3.8) is 0 Å². The van der Waals surface area contributed by atoms with Gasteiger partial charge in [-0.05, 0) is 72.0 Å². The van der Waals surface area contributed by atoms with Crippen molar-refractivity contribution in [1.82, 2.24) is 0 Å². The van der Waals surface area contributed by atoms with Crippen molar-refractivity contribution in [1.29, 1.82) is 0 Å². The first-order valence-corrected chi connectivity index (χ1v) is 16.4. The highest BCUT2D eigenvalue weighted by Crippen LogP contribution is 2.67. The molecule has 0 amide bonds. The maximum absolute atomic E-state index is 13.5. The van der Waals surface area contributed by atoms with Crippen LogP contribution in [-0.2, 0) is 36.2 Å². The fraction of sp³-hybridized carbons (Fsp3) is 0.643. The van der Waals surface area contributed by atoms with Gasteiger partial charge >= 0.3 is 0 Å². The molecule has 0 aromatic heterocycles. The van der Waals surface area contributed by atoms with Crippen LogP contribution in [0.4, 0.5) is 0 Å². The fourth-order valence-electron chi connectivity index (χ4n) is 8.77. The van der Waals surface area contributed by atoms with Crippen LogP contribution < -0.4 is 0 Å². The number of ketones is 2. The van der Waals surface area contributed by atoms with Crippen molar-refractivity contribution in [2.45, 2.75) is 59.8 Å². The highest BCUT2D eigenvalue weighted by Gasteiger charge is 2.69. The largest absolute Gasteiger partial charge is 0.299 e. The Kier molecular flexibility index (Phi) is 6.06. The van der Waals surface area contributed by atoms with Crippen LogP contribution in [0.25, 0.3) is 6.08 Å². The fourth-order valence-corrected chi connectivity index (χ4v) is 11.3. The van der Waals surface area contributed by atoms with E-state index in [-0.39, 0.29) is 29.3 Å². The first kappa shape index (κ1) is 27.7. The minimum atomic E-state index is -4.32. The van der Waals surface area contributed by atoms with Crippen LogP contribution in [0, 0.1) is 39.4 Å². The van der Waals surface area contributed by atoms with Gasteiger partial charge in [-0.3, -0.25) is 18.7 Å². The maximum atomic E-state index is 13.5. The van der Waals surface area contributed by atoms with E-state index in [1.165, 1.54) is 0 Å². The second kappa shape index (κ2) is 8.32. The summed E-state index contributed by atoms with van der Waals surface area (Å²) in [5.41, 5.74) is -0.976. The van der Waals surface area contributed by atoms with Crippen molar-refractivity contribution in [2.75, 3.05) is 11.5 Å². The zero-order chi connectivity index (χ0) is 28.1. The van der Waals surface area contributed by atoms with E-state index in [2.05, 4.69) is 0 Å². The summed E-state index contributed by atoms with van der Waals surface area (Å²) >= 11 is 0. The predicted octanol–water partition coefficient (Wildman–Crippen LogP) is 4.01. The molecule has 4 aliphatic carbocycles. The number of benzene rings is 1. The Morgan fingerprint density at radius 3 is 1.97 bits per heavy atom. The van der Waals surface area contributed by atoms with Gasteiger partial charge in [-0.15, -0.1) is 0 Å². The van der Waals surface area contributed by atoms with Gasteiger partial charge in [0.05, 0.1) is 22.3 Å². The molecular formula is C28H36O8S2. The molecule has 0 aliphatic heterocycles. The molecule has 0 spiro atoms. The monoisotopic (exact) mass is 564 g/mol. The summed E-state index contributed by atoms with van der Waals surface area (Å²) < 4.78 is 66.2. The number of Topliss-reactive ketones (excluding diaryl/α,β-unsaturated/α-hetero) is 2. The molecule has 4 bridgehead atoms. The smallest absolute Gasteiger partial charge is 0.265 e. The first-order chi connectivity index (χ1) is 17.3. The second-order valence-corrected chi connectivity index (χ2v) is 16.0. The molecule has 4 aliphatic rings. The molecule has 5 atom stereocenters. The number of carbonyl (C=O) groups excluding carboxylic acids is 2. The lowest BCUT2D eigenvalue weighted by Gasteiger charge is -2.35. The third-order valence-electron chi connectivity index (χ3n) is 11.0. The highest BCUT2D eigenvalue weighted by molar-refractivity contribution is 7.86. The van der Waals surface area contributed by atoms with E-state index >= 15 is 0 Å². The zero-order valence-corrected chi connectivity index (χ0v) is 23.9. The standard InChI is InChI=1S/C28H36O8S2/c1-25(2)21-9-11-27(25,15-37(31,32)33)23(29)19(21)13-17-5-7-18(8-6-17)14-20-22-10-12-28(24(20)30,26(22,3)4)16-38(34,35)36/h5-8,13,20-22H,9-12,14-16H2,1-4H3,(H,31,32,33)(H,34,35,36). The van der Waals surface area contributed by atoms with Crippen LogP contribution in [0.15, 0.2) is 29.8 Å². The average Bonchev–Trinajstić information content (AvgIpc) is 3.27. The van der Waals surface area contributed by atoms with Gasteiger partial charge in [-0.25, -0.2) is 0 Å². The highest BCUT2D eigenvalue weighted by atomic mass is 32.2. The molecule has 38 heavy (non-hydrogen) atoms. The number of hydrogen-bond donors (Lipinski definition) is 2. The number of fused-ring (bicyclic) bond motifs is 4. The molecule has 4 saturated carbocycles. The average molecular weight is 565 g/mol. The van der Waals surface area contributed by atoms with Crippen LogP contribution in [0.2, 0.25) is 0 Å². The molecule has 5 rings (SSSR count). The molecule has 1 aromatic carbocycles. The number of hydrogen-bond acceptors (Lipinski definition) is 6. The topological polar surface area (TPSA) is 143 Å². The Bertz CT molecular complexity index is 1450. The summed E-state index contributed by atoms with van der Waals surface area (Å²) in [6.45, 7) is 7.68. The molecule has 4 fully saturated rings. The Morgan fingerprint density at radius 1 is 0.842 bits per heavy atom. The minimum absolute atomic E-state index is 0.0337. The van der Waals surface area contributed by atoms with Crippen LogP contribution in [0.5, 0.6) is 0 Å². The van der Waals surface area contributed by atoms with E-state index in [9.17, 15) is 35.5 Å². The van der Waals surface area contributed by atoms with Gasteiger partial charge in [0.1, 0.15) is 5.78 Å². The number of carbonyl (C=O) groups is 2.